The SMILES string of the molecule is Cc1cccnc1C(O)Cc1cccc(F)c1Cl. The molecule has 0 amide bonds. The minimum Gasteiger partial charge on any atom is -0.386 e. The molecule has 0 spiro atoms. The number of benzene rings is 1. The van der Waals surface area contributed by atoms with Gasteiger partial charge in [-0.1, -0.05) is 29.8 Å². The van der Waals surface area contributed by atoms with Crippen molar-refractivity contribution in [2.75, 3.05) is 0 Å². The van der Waals surface area contributed by atoms with Gasteiger partial charge in [0, 0.05) is 12.6 Å². The van der Waals surface area contributed by atoms with E-state index in [-0.39, 0.29) is 11.4 Å². The van der Waals surface area contributed by atoms with E-state index < -0.39 is 11.9 Å². The minimum absolute atomic E-state index is 0.0603. The molecule has 1 atom stereocenters. The van der Waals surface area contributed by atoms with Crippen molar-refractivity contribution in [1.29, 1.82) is 0 Å². The maximum Gasteiger partial charge on any atom is 0.142 e. The molecule has 1 N–H and O–H groups in total. The molecule has 18 heavy (non-hydrogen) atoms. The normalized spacial score (nSPS) is 12.4. The number of aliphatic hydroxyl groups is 1. The van der Waals surface area contributed by atoms with Gasteiger partial charge in [0.1, 0.15) is 11.9 Å². The maximum atomic E-state index is 13.3. The number of hydrogen-bond donors (Lipinski definition) is 1. The van der Waals surface area contributed by atoms with E-state index in [0.717, 1.165) is 5.56 Å². The molecule has 1 unspecified atom stereocenters. The Morgan fingerprint density at radius 3 is 2.83 bits per heavy atom. The summed E-state index contributed by atoms with van der Waals surface area (Å²) in [5.74, 6) is -0.473. The van der Waals surface area contributed by atoms with Crippen LogP contribution in [0.15, 0.2) is 36.5 Å². The second-order valence-corrected chi connectivity index (χ2v) is 4.52. The van der Waals surface area contributed by atoms with Crippen molar-refractivity contribution in [3.63, 3.8) is 0 Å². The molecule has 1 aromatic carbocycles. The predicted molar refractivity (Wildman–Crippen MR) is 69.0 cm³/mol. The highest BCUT2D eigenvalue weighted by atomic mass is 35.5. The van der Waals surface area contributed by atoms with Crippen LogP contribution in [0.25, 0.3) is 0 Å². The van der Waals surface area contributed by atoms with Crippen molar-refractivity contribution in [3.05, 3.63) is 64.2 Å². The summed E-state index contributed by atoms with van der Waals surface area (Å²) in [6, 6.07) is 8.26. The lowest BCUT2D eigenvalue weighted by molar-refractivity contribution is 0.173. The van der Waals surface area contributed by atoms with Crippen molar-refractivity contribution in [2.24, 2.45) is 0 Å². The third-order valence-electron chi connectivity index (χ3n) is 2.81. The molecule has 0 bridgehead atoms. The van der Waals surface area contributed by atoms with Gasteiger partial charge >= 0.3 is 0 Å². The molecule has 0 aliphatic heterocycles. The van der Waals surface area contributed by atoms with Crippen molar-refractivity contribution in [3.8, 4) is 0 Å². The first-order chi connectivity index (χ1) is 8.59. The number of rotatable bonds is 3. The first kappa shape index (κ1) is 13.0. The van der Waals surface area contributed by atoms with Gasteiger partial charge in [-0.05, 0) is 30.2 Å². The van der Waals surface area contributed by atoms with Gasteiger partial charge in [0.05, 0.1) is 10.7 Å². The first-order valence-corrected chi connectivity index (χ1v) is 6.00. The maximum absolute atomic E-state index is 13.3. The van der Waals surface area contributed by atoms with Crippen molar-refractivity contribution in [1.82, 2.24) is 4.98 Å². The van der Waals surface area contributed by atoms with Crippen molar-refractivity contribution >= 4 is 11.6 Å². The zero-order chi connectivity index (χ0) is 13.1. The summed E-state index contributed by atoms with van der Waals surface area (Å²) >= 11 is 5.86. The summed E-state index contributed by atoms with van der Waals surface area (Å²) in [5, 5.41) is 10.2. The Morgan fingerprint density at radius 1 is 1.33 bits per heavy atom. The van der Waals surface area contributed by atoms with E-state index in [2.05, 4.69) is 4.98 Å². The van der Waals surface area contributed by atoms with Crippen LogP contribution in [-0.2, 0) is 6.42 Å². The zero-order valence-corrected chi connectivity index (χ0v) is 10.7. The van der Waals surface area contributed by atoms with Gasteiger partial charge in [0.25, 0.3) is 0 Å². The summed E-state index contributed by atoms with van der Waals surface area (Å²) < 4.78 is 13.3. The summed E-state index contributed by atoms with van der Waals surface area (Å²) in [5.41, 5.74) is 2.07. The molecular weight excluding hydrogens is 253 g/mol. The topological polar surface area (TPSA) is 33.1 Å². The predicted octanol–water partition coefficient (Wildman–Crippen LogP) is 3.46. The van der Waals surface area contributed by atoms with Crippen LogP contribution in [-0.4, -0.2) is 10.1 Å². The number of hydrogen-bond acceptors (Lipinski definition) is 2. The Labute approximate surface area is 110 Å². The smallest absolute Gasteiger partial charge is 0.142 e. The molecule has 4 heteroatoms. The molecule has 0 fully saturated rings. The number of aromatic nitrogens is 1. The van der Waals surface area contributed by atoms with E-state index in [1.165, 1.54) is 6.07 Å². The molecule has 0 aliphatic rings. The van der Waals surface area contributed by atoms with E-state index in [1.54, 1.807) is 24.4 Å². The van der Waals surface area contributed by atoms with Gasteiger partial charge in [-0.2, -0.15) is 0 Å². The fourth-order valence-electron chi connectivity index (χ4n) is 1.86. The number of aliphatic hydroxyl groups excluding tert-OH is 1. The lowest BCUT2D eigenvalue weighted by Crippen LogP contribution is -2.06. The van der Waals surface area contributed by atoms with Gasteiger partial charge in [0.2, 0.25) is 0 Å². The summed E-state index contributed by atoms with van der Waals surface area (Å²) in [6.07, 6.45) is 1.08. The lowest BCUT2D eigenvalue weighted by atomic mass is 10.0. The highest BCUT2D eigenvalue weighted by Crippen LogP contribution is 2.25. The molecule has 2 rings (SSSR count). The molecule has 0 saturated heterocycles. The quantitative estimate of drug-likeness (QED) is 0.922. The van der Waals surface area contributed by atoms with Crippen LogP contribution in [0.1, 0.15) is 22.9 Å². The van der Waals surface area contributed by atoms with Gasteiger partial charge in [0.15, 0.2) is 0 Å². The Kier molecular flexibility index (Phi) is 3.94. The van der Waals surface area contributed by atoms with E-state index in [0.29, 0.717) is 11.3 Å². The molecule has 1 aromatic heterocycles. The molecule has 0 radical (unpaired) electrons. The van der Waals surface area contributed by atoms with E-state index >= 15 is 0 Å². The van der Waals surface area contributed by atoms with Crippen LogP contribution in [0.2, 0.25) is 5.02 Å². The second-order valence-electron chi connectivity index (χ2n) is 4.14. The van der Waals surface area contributed by atoms with Gasteiger partial charge in [-0.25, -0.2) is 4.39 Å². The van der Waals surface area contributed by atoms with Crippen LogP contribution >= 0.6 is 11.6 Å². The highest BCUT2D eigenvalue weighted by Gasteiger charge is 2.15. The third-order valence-corrected chi connectivity index (χ3v) is 3.23. The van der Waals surface area contributed by atoms with Gasteiger partial charge < -0.3 is 5.11 Å². The molecule has 0 aliphatic carbocycles. The second kappa shape index (κ2) is 5.46. The number of pyridine rings is 1. The zero-order valence-electron chi connectivity index (χ0n) is 9.90. The molecular formula is C14H13ClFNO. The third kappa shape index (κ3) is 2.68. The molecule has 94 valence electrons. The fourth-order valence-corrected chi connectivity index (χ4v) is 2.06. The van der Waals surface area contributed by atoms with E-state index in [9.17, 15) is 9.50 Å². The monoisotopic (exact) mass is 265 g/mol. The summed E-state index contributed by atoms with van der Waals surface area (Å²) in [4.78, 5) is 4.14. The average Bonchev–Trinajstić information content (AvgIpc) is 2.35. The van der Waals surface area contributed by atoms with Gasteiger partial charge in [-0.15, -0.1) is 0 Å². The molecule has 2 aromatic rings. The van der Waals surface area contributed by atoms with Crippen molar-refractivity contribution < 1.29 is 9.50 Å². The first-order valence-electron chi connectivity index (χ1n) is 5.62. The molecule has 1 heterocycles. The van der Waals surface area contributed by atoms with Crippen LogP contribution in [0.5, 0.6) is 0 Å². The number of nitrogens with zero attached hydrogens (tertiary/aromatic N) is 1. The average molecular weight is 266 g/mol. The largest absolute Gasteiger partial charge is 0.386 e. The highest BCUT2D eigenvalue weighted by molar-refractivity contribution is 6.31. The van der Waals surface area contributed by atoms with E-state index in [1.807, 2.05) is 13.0 Å². The van der Waals surface area contributed by atoms with E-state index in [4.69, 9.17) is 11.6 Å². The van der Waals surface area contributed by atoms with Crippen LogP contribution in [0, 0.1) is 12.7 Å². The number of aryl methyl sites for hydroxylation is 1. The lowest BCUT2D eigenvalue weighted by Gasteiger charge is -2.13. The van der Waals surface area contributed by atoms with Gasteiger partial charge in [-0.3, -0.25) is 4.98 Å². The standard InChI is InChI=1S/C14H13ClFNO/c1-9-4-3-7-17-14(9)12(18)8-10-5-2-6-11(16)13(10)15/h2-7,12,18H,8H2,1H3. The Bertz CT molecular complexity index is 559. The van der Waals surface area contributed by atoms with Crippen LogP contribution in [0.3, 0.4) is 0 Å². The Morgan fingerprint density at radius 2 is 2.11 bits per heavy atom. The van der Waals surface area contributed by atoms with Crippen LogP contribution < -0.4 is 0 Å². The molecule has 0 saturated carbocycles. The summed E-state index contributed by atoms with van der Waals surface area (Å²) in [6.45, 7) is 1.87. The fraction of sp³-hybridized carbons (Fsp3) is 0.214. The van der Waals surface area contributed by atoms with Crippen LogP contribution in [0.4, 0.5) is 4.39 Å². The Balaban J connectivity index is 2.24. The van der Waals surface area contributed by atoms with Crippen molar-refractivity contribution in [2.45, 2.75) is 19.4 Å². The molecule has 2 nitrogen and oxygen atoms in total. The summed E-state index contributed by atoms with van der Waals surface area (Å²) in [7, 11) is 0. The minimum atomic E-state index is -0.787. The Hall–Kier alpha value is -1.45. The number of halogens is 2.